The third kappa shape index (κ3) is 13.6. The van der Waals surface area contributed by atoms with Crippen LogP contribution in [0.1, 0.15) is 6.42 Å². The van der Waals surface area contributed by atoms with E-state index in [1.165, 1.54) is 34.1 Å². The summed E-state index contributed by atoms with van der Waals surface area (Å²) in [6.07, 6.45) is 10.0. The Hall–Kier alpha value is -1.37. The van der Waals surface area contributed by atoms with Crippen molar-refractivity contribution in [3.8, 4) is 0 Å². The van der Waals surface area contributed by atoms with E-state index in [-0.39, 0.29) is 22.3 Å². The van der Waals surface area contributed by atoms with Gasteiger partial charge in [0.05, 0.1) is 0 Å². The van der Waals surface area contributed by atoms with Crippen LogP contribution in [0.5, 0.6) is 0 Å². The SMILES string of the molecule is [C-]1=CC=CC1.[CH3-].[CH3-].[CH3-].[Si]=[Zr].[c-]1ccccc1.c1ccc2[cH-]ccc2c1. The van der Waals surface area contributed by atoms with Gasteiger partial charge in [-0.15, -0.1) is 36.1 Å². The third-order valence-corrected chi connectivity index (χ3v) is 2.74. The van der Waals surface area contributed by atoms with E-state index in [1.807, 2.05) is 42.5 Å². The summed E-state index contributed by atoms with van der Waals surface area (Å²) in [5.74, 6) is 0. The number of benzene rings is 2. The first-order chi connectivity index (χ1) is 11.0. The summed E-state index contributed by atoms with van der Waals surface area (Å²) in [4.78, 5) is 0. The van der Waals surface area contributed by atoms with Crippen LogP contribution in [-0.2, 0) is 23.3 Å². The Labute approximate surface area is 172 Å². The molecular weight excluding hydrogens is 396 g/mol. The Balaban J connectivity index is -0.000000272. The molecule has 0 saturated carbocycles. The van der Waals surface area contributed by atoms with Gasteiger partial charge in [-0.05, 0) is 0 Å². The van der Waals surface area contributed by atoms with E-state index in [0.29, 0.717) is 0 Å². The van der Waals surface area contributed by atoms with Crippen molar-refractivity contribution in [2.75, 3.05) is 0 Å². The standard InChI is InChI=1S/C9H7.C6H5.C5H5.3CH3.Si.Zr/c1-2-5-9-7-3-6-8(9)4-1;1-2-4-6-5-3-1;1-2-4-5-3-1;;;;;/h1-7H;1-5H;1-3H,4H2;3*1H3;;/q6*-1;;. The Morgan fingerprint density at radius 2 is 1.56 bits per heavy atom. The summed E-state index contributed by atoms with van der Waals surface area (Å²) < 4.78 is 0. The van der Waals surface area contributed by atoms with Gasteiger partial charge in [-0.1, -0.05) is 6.07 Å². The number of rotatable bonds is 0. The van der Waals surface area contributed by atoms with E-state index in [0.717, 1.165) is 6.42 Å². The van der Waals surface area contributed by atoms with Crippen LogP contribution in [0.25, 0.3) is 10.8 Å². The fraction of sp³-hybridized carbons (Fsp3) is 0.0435. The first-order valence-corrected chi connectivity index (χ1v) is 11.1. The van der Waals surface area contributed by atoms with Gasteiger partial charge in [0, 0.05) is 0 Å². The van der Waals surface area contributed by atoms with Gasteiger partial charge in [-0.2, -0.15) is 60.0 Å². The minimum absolute atomic E-state index is 0. The fourth-order valence-electron chi connectivity index (χ4n) is 1.75. The Morgan fingerprint density at radius 3 is 1.96 bits per heavy atom. The normalized spacial score (nSPS) is 9.24. The van der Waals surface area contributed by atoms with Crippen LogP contribution in [0, 0.1) is 34.4 Å². The smallest absolute Gasteiger partial charge is 0.0809 e. The molecule has 1 aliphatic carbocycles. The molecule has 0 bridgehead atoms. The fourth-order valence-corrected chi connectivity index (χ4v) is 1.75. The average molecular weight is 422 g/mol. The monoisotopic (exact) mass is 420 g/mol. The molecule has 0 unspecified atom stereocenters. The molecule has 4 rings (SSSR count). The molecule has 0 spiro atoms. The summed E-state index contributed by atoms with van der Waals surface area (Å²) >= 11 is 1.36. The van der Waals surface area contributed by atoms with Crippen LogP contribution in [0.2, 0.25) is 0 Å². The Kier molecular flexibility index (Phi) is 23.5. The van der Waals surface area contributed by atoms with Crippen molar-refractivity contribution in [2.45, 2.75) is 6.42 Å². The van der Waals surface area contributed by atoms with E-state index in [9.17, 15) is 0 Å². The van der Waals surface area contributed by atoms with Gasteiger partial charge in [-0.25, -0.2) is 12.2 Å². The van der Waals surface area contributed by atoms with Crippen LogP contribution >= 0.6 is 0 Å². The molecule has 0 aliphatic heterocycles. The van der Waals surface area contributed by atoms with Gasteiger partial charge in [0.15, 0.2) is 0 Å². The molecule has 0 fully saturated rings. The third-order valence-electron chi connectivity index (χ3n) is 2.74. The second kappa shape index (κ2) is 20.7. The predicted octanol–water partition coefficient (Wildman–Crippen LogP) is 6.32. The molecule has 0 aromatic heterocycles. The largest absolute Gasteiger partial charge is 0.184 e. The molecule has 3 aromatic rings. The van der Waals surface area contributed by atoms with E-state index >= 15 is 0 Å². The molecule has 0 saturated heterocycles. The van der Waals surface area contributed by atoms with Gasteiger partial charge in [-0.3, -0.25) is 6.08 Å². The summed E-state index contributed by atoms with van der Waals surface area (Å²) in [5, 5.41) is 2.66. The number of hydrogen-bond acceptors (Lipinski definition) is 0. The first kappa shape index (κ1) is 28.4. The van der Waals surface area contributed by atoms with E-state index in [4.69, 9.17) is 0 Å². The zero-order valence-electron chi connectivity index (χ0n) is 15.4. The van der Waals surface area contributed by atoms with Crippen LogP contribution in [0.4, 0.5) is 0 Å². The molecule has 0 N–H and O–H groups in total. The molecule has 0 atom stereocenters. The zero-order chi connectivity index (χ0) is 15.9. The first-order valence-electron chi connectivity index (χ1n) is 6.95. The molecule has 0 heterocycles. The minimum atomic E-state index is 0. The van der Waals surface area contributed by atoms with Crippen molar-refractivity contribution in [2.24, 2.45) is 0 Å². The zero-order valence-corrected chi connectivity index (χ0v) is 18.8. The van der Waals surface area contributed by atoms with Crippen molar-refractivity contribution in [3.05, 3.63) is 125 Å². The molecule has 25 heavy (non-hydrogen) atoms. The number of allylic oxidation sites excluding steroid dienone is 4. The minimum Gasteiger partial charge on any atom is -0.184 e. The van der Waals surface area contributed by atoms with Crippen molar-refractivity contribution in [3.63, 3.8) is 0 Å². The van der Waals surface area contributed by atoms with Gasteiger partial charge >= 0.3 is 30.2 Å². The van der Waals surface area contributed by atoms with Gasteiger partial charge < -0.3 is 22.3 Å². The summed E-state index contributed by atoms with van der Waals surface area (Å²) in [7, 11) is 0. The number of fused-ring (bicyclic) bond motifs is 1. The maximum Gasteiger partial charge on any atom is -0.0809 e. The van der Waals surface area contributed by atoms with E-state index in [1.54, 1.807) is 0 Å². The van der Waals surface area contributed by atoms with Crippen LogP contribution < -0.4 is 0 Å². The molecule has 0 nitrogen and oxygen atoms in total. The van der Waals surface area contributed by atoms with Crippen molar-refractivity contribution in [1.29, 1.82) is 0 Å². The summed E-state index contributed by atoms with van der Waals surface area (Å²) in [6.45, 7) is 3.06. The maximum atomic E-state index is 3.06. The van der Waals surface area contributed by atoms with Crippen molar-refractivity contribution in [1.82, 2.24) is 0 Å². The van der Waals surface area contributed by atoms with Crippen LogP contribution in [0.15, 0.2) is 91.0 Å². The van der Waals surface area contributed by atoms with Crippen molar-refractivity contribution < 1.29 is 23.3 Å². The predicted molar refractivity (Wildman–Crippen MR) is 111 cm³/mol. The molecular formula is C23H26SiZr-6. The van der Waals surface area contributed by atoms with E-state index in [2.05, 4.69) is 67.6 Å². The molecule has 132 valence electrons. The van der Waals surface area contributed by atoms with Crippen LogP contribution in [-0.4, -0.2) is 6.88 Å². The summed E-state index contributed by atoms with van der Waals surface area (Å²) in [6, 6.07) is 27.2. The topological polar surface area (TPSA) is 0 Å². The van der Waals surface area contributed by atoms with Gasteiger partial charge in [0.2, 0.25) is 0 Å². The molecule has 1 aliphatic rings. The Bertz CT molecular complexity index is 602. The second-order valence-corrected chi connectivity index (χ2v) is 4.24. The van der Waals surface area contributed by atoms with Crippen LogP contribution in [0.3, 0.4) is 0 Å². The number of hydrogen-bond donors (Lipinski definition) is 0. The summed E-state index contributed by atoms with van der Waals surface area (Å²) in [5.41, 5.74) is 0. The Morgan fingerprint density at radius 1 is 0.880 bits per heavy atom. The van der Waals surface area contributed by atoms with Gasteiger partial charge in [0.1, 0.15) is 0 Å². The maximum absolute atomic E-state index is 3.06. The molecule has 2 heteroatoms. The van der Waals surface area contributed by atoms with Gasteiger partial charge in [0.25, 0.3) is 0 Å². The molecule has 2 radical (unpaired) electrons. The molecule has 3 aromatic carbocycles. The quantitative estimate of drug-likeness (QED) is 0.294. The van der Waals surface area contributed by atoms with Crippen molar-refractivity contribution >= 4 is 17.7 Å². The second-order valence-electron chi connectivity index (χ2n) is 4.24. The molecule has 0 amide bonds. The van der Waals surface area contributed by atoms with E-state index < -0.39 is 0 Å². The average Bonchev–Trinajstić information content (AvgIpc) is 3.33.